The largest absolute Gasteiger partial charge is 0.360 e. The first-order valence-corrected chi connectivity index (χ1v) is 8.53. The van der Waals surface area contributed by atoms with Gasteiger partial charge in [-0.2, -0.15) is 0 Å². The van der Waals surface area contributed by atoms with Crippen molar-refractivity contribution in [1.82, 2.24) is 10.5 Å². The molecule has 1 unspecified atom stereocenters. The van der Waals surface area contributed by atoms with Crippen LogP contribution in [0.4, 0.5) is 16.3 Å². The third-order valence-corrected chi connectivity index (χ3v) is 4.41. The number of anilines is 2. The summed E-state index contributed by atoms with van der Waals surface area (Å²) in [7, 11) is 0. The summed E-state index contributed by atoms with van der Waals surface area (Å²) in [5.41, 5.74) is 1.59. The van der Waals surface area contributed by atoms with E-state index in [2.05, 4.69) is 10.5 Å². The maximum absolute atomic E-state index is 13.4. The summed E-state index contributed by atoms with van der Waals surface area (Å²) in [5, 5.41) is 7.63. The molecule has 1 fully saturated rings. The Bertz CT molecular complexity index is 942. The Hall–Kier alpha value is -3.19. The molecule has 1 atom stereocenters. The molecule has 1 aromatic heterocycles. The van der Waals surface area contributed by atoms with Crippen LogP contribution in [-0.2, 0) is 0 Å². The second kappa shape index (κ2) is 6.61. The van der Waals surface area contributed by atoms with E-state index >= 15 is 0 Å². The Morgan fingerprint density at radius 3 is 2.35 bits per heavy atom. The molecule has 0 saturated carbocycles. The van der Waals surface area contributed by atoms with Gasteiger partial charge in [0.25, 0.3) is 0 Å². The lowest BCUT2D eigenvalue weighted by atomic mass is 10.1. The van der Waals surface area contributed by atoms with Gasteiger partial charge in [-0.25, -0.2) is 14.6 Å². The average Bonchev–Trinajstić information content (AvgIpc) is 3.09. The van der Waals surface area contributed by atoms with Gasteiger partial charge in [0.15, 0.2) is 10.9 Å². The van der Waals surface area contributed by atoms with E-state index in [1.54, 1.807) is 17.9 Å². The number of benzene rings is 2. The molecule has 0 radical (unpaired) electrons. The number of hydrogen-bond donors (Lipinski definition) is 1. The van der Waals surface area contributed by atoms with Gasteiger partial charge in [0.05, 0.1) is 5.69 Å². The molecule has 2 amide bonds. The molecule has 4 rings (SSSR count). The van der Waals surface area contributed by atoms with E-state index in [0.717, 1.165) is 5.56 Å². The van der Waals surface area contributed by atoms with Gasteiger partial charge >= 0.3 is 6.03 Å². The van der Waals surface area contributed by atoms with Crippen LogP contribution in [0.3, 0.4) is 0 Å². The summed E-state index contributed by atoms with van der Waals surface area (Å²) in [6, 6.07) is 20.3. The van der Waals surface area contributed by atoms with Crippen molar-refractivity contribution in [3.8, 4) is 0 Å². The minimum atomic E-state index is -0.472. The molecule has 1 aliphatic rings. The SMILES string of the molecule is Cc1cc(N2C(=O)N(c3ccccc3)C(=S)NC2c2ccccc2)no1. The number of carbonyl (C=O) groups is 1. The Balaban J connectivity index is 1.80. The van der Waals surface area contributed by atoms with E-state index in [-0.39, 0.29) is 6.03 Å². The van der Waals surface area contributed by atoms with E-state index in [1.807, 2.05) is 60.7 Å². The quantitative estimate of drug-likeness (QED) is 0.712. The van der Waals surface area contributed by atoms with Crippen molar-refractivity contribution in [2.75, 3.05) is 9.80 Å². The van der Waals surface area contributed by atoms with Crippen LogP contribution < -0.4 is 15.1 Å². The lowest BCUT2D eigenvalue weighted by Gasteiger charge is -2.41. The summed E-state index contributed by atoms with van der Waals surface area (Å²) in [5.74, 6) is 1.05. The smallest absolute Gasteiger partial charge is 0.338 e. The Labute approximate surface area is 156 Å². The minimum absolute atomic E-state index is 0.290. The first-order valence-electron chi connectivity index (χ1n) is 8.12. The summed E-state index contributed by atoms with van der Waals surface area (Å²) in [6.45, 7) is 1.79. The van der Waals surface area contributed by atoms with Crippen LogP contribution in [0, 0.1) is 6.92 Å². The second-order valence-corrected chi connectivity index (χ2v) is 6.27. The topological polar surface area (TPSA) is 61.6 Å². The van der Waals surface area contributed by atoms with Crippen molar-refractivity contribution < 1.29 is 9.32 Å². The van der Waals surface area contributed by atoms with Crippen molar-refractivity contribution in [3.63, 3.8) is 0 Å². The number of hydrogen-bond acceptors (Lipinski definition) is 4. The molecule has 130 valence electrons. The molecule has 26 heavy (non-hydrogen) atoms. The van der Waals surface area contributed by atoms with Crippen LogP contribution in [-0.4, -0.2) is 16.3 Å². The van der Waals surface area contributed by atoms with Crippen LogP contribution in [0.1, 0.15) is 17.5 Å². The Morgan fingerprint density at radius 2 is 1.73 bits per heavy atom. The zero-order chi connectivity index (χ0) is 18.1. The number of rotatable bonds is 3. The van der Waals surface area contributed by atoms with Crippen LogP contribution in [0.15, 0.2) is 71.3 Å². The highest BCUT2D eigenvalue weighted by molar-refractivity contribution is 7.80. The summed E-state index contributed by atoms with van der Waals surface area (Å²) in [6.07, 6.45) is -0.472. The van der Waals surface area contributed by atoms with E-state index in [9.17, 15) is 4.79 Å². The summed E-state index contributed by atoms with van der Waals surface area (Å²) < 4.78 is 5.20. The second-order valence-electron chi connectivity index (χ2n) is 5.88. The maximum Gasteiger partial charge on any atom is 0.338 e. The van der Waals surface area contributed by atoms with Gasteiger partial charge in [-0.15, -0.1) is 0 Å². The van der Waals surface area contributed by atoms with Crippen molar-refractivity contribution in [3.05, 3.63) is 78.1 Å². The first-order chi connectivity index (χ1) is 12.6. The van der Waals surface area contributed by atoms with Crippen molar-refractivity contribution in [2.45, 2.75) is 13.1 Å². The van der Waals surface area contributed by atoms with Gasteiger partial charge < -0.3 is 9.84 Å². The number of para-hydroxylation sites is 1. The number of thiocarbonyl (C=S) groups is 1. The van der Waals surface area contributed by atoms with E-state index < -0.39 is 6.17 Å². The molecule has 0 bridgehead atoms. The van der Waals surface area contributed by atoms with Crippen LogP contribution in [0.5, 0.6) is 0 Å². The fraction of sp³-hybridized carbons (Fsp3) is 0.105. The Kier molecular flexibility index (Phi) is 4.14. The van der Waals surface area contributed by atoms with Crippen molar-refractivity contribution >= 4 is 34.9 Å². The highest BCUT2D eigenvalue weighted by atomic mass is 32.1. The molecule has 0 aliphatic carbocycles. The molecule has 2 aromatic carbocycles. The van der Waals surface area contributed by atoms with Gasteiger partial charge in [-0.05, 0) is 36.8 Å². The predicted molar refractivity (Wildman–Crippen MR) is 103 cm³/mol. The molecule has 1 saturated heterocycles. The highest BCUT2D eigenvalue weighted by Gasteiger charge is 2.40. The number of urea groups is 1. The van der Waals surface area contributed by atoms with E-state index in [0.29, 0.717) is 22.4 Å². The number of nitrogens with zero attached hydrogens (tertiary/aromatic N) is 3. The maximum atomic E-state index is 13.4. The number of aromatic nitrogens is 1. The lowest BCUT2D eigenvalue weighted by Crippen LogP contribution is -2.61. The summed E-state index contributed by atoms with van der Waals surface area (Å²) >= 11 is 5.49. The molecule has 1 N–H and O–H groups in total. The van der Waals surface area contributed by atoms with Gasteiger partial charge in [0.2, 0.25) is 0 Å². The molecule has 3 aromatic rings. The molecule has 7 heteroatoms. The number of aryl methyl sites for hydroxylation is 1. The monoisotopic (exact) mass is 364 g/mol. The molecular formula is C19H16N4O2S. The highest BCUT2D eigenvalue weighted by Crippen LogP contribution is 2.31. The van der Waals surface area contributed by atoms with Gasteiger partial charge in [0.1, 0.15) is 11.9 Å². The third-order valence-electron chi connectivity index (χ3n) is 4.11. The molecule has 6 nitrogen and oxygen atoms in total. The summed E-state index contributed by atoms with van der Waals surface area (Å²) in [4.78, 5) is 16.4. The Morgan fingerprint density at radius 1 is 1.08 bits per heavy atom. The molecule has 1 aliphatic heterocycles. The molecule has 0 spiro atoms. The fourth-order valence-electron chi connectivity index (χ4n) is 2.92. The zero-order valence-electron chi connectivity index (χ0n) is 14.0. The number of nitrogens with one attached hydrogen (secondary N) is 1. The average molecular weight is 364 g/mol. The fourth-order valence-corrected chi connectivity index (χ4v) is 3.22. The number of amides is 2. The molecule has 2 heterocycles. The normalized spacial score (nSPS) is 17.3. The van der Waals surface area contributed by atoms with E-state index in [4.69, 9.17) is 16.7 Å². The van der Waals surface area contributed by atoms with Gasteiger partial charge in [-0.3, -0.25) is 0 Å². The minimum Gasteiger partial charge on any atom is -0.360 e. The predicted octanol–water partition coefficient (Wildman–Crippen LogP) is 4.00. The van der Waals surface area contributed by atoms with Crippen LogP contribution >= 0.6 is 12.2 Å². The van der Waals surface area contributed by atoms with Crippen molar-refractivity contribution in [1.29, 1.82) is 0 Å². The first kappa shape index (κ1) is 16.3. The van der Waals surface area contributed by atoms with E-state index in [1.165, 1.54) is 4.90 Å². The molecular weight excluding hydrogens is 348 g/mol. The standard InChI is InChI=1S/C19H16N4O2S/c1-13-12-16(21-25-13)23-17(14-8-4-2-5-9-14)20-18(26)22(19(23)24)15-10-6-3-7-11-15/h2-12,17H,1H3,(H,20,26). The van der Waals surface area contributed by atoms with Crippen LogP contribution in [0.2, 0.25) is 0 Å². The van der Waals surface area contributed by atoms with Crippen molar-refractivity contribution in [2.24, 2.45) is 0 Å². The van der Waals surface area contributed by atoms with Crippen LogP contribution in [0.25, 0.3) is 0 Å². The van der Waals surface area contributed by atoms with Gasteiger partial charge in [-0.1, -0.05) is 53.7 Å². The lowest BCUT2D eigenvalue weighted by molar-refractivity contribution is 0.248. The third kappa shape index (κ3) is 2.82. The van der Waals surface area contributed by atoms with Gasteiger partial charge in [0, 0.05) is 6.07 Å². The number of carbonyl (C=O) groups excluding carboxylic acids is 1. The zero-order valence-corrected chi connectivity index (χ0v) is 14.8.